The van der Waals surface area contributed by atoms with Crippen LogP contribution in [-0.4, -0.2) is 65.8 Å². The van der Waals surface area contributed by atoms with Crippen LogP contribution in [0.25, 0.3) is 0 Å². The number of nitrogens with zero attached hydrogens (tertiary/aromatic N) is 4. The predicted octanol–water partition coefficient (Wildman–Crippen LogP) is 1.58. The number of halogens is 1. The molecule has 1 saturated heterocycles. The molecule has 0 spiro atoms. The highest BCUT2D eigenvalue weighted by Gasteiger charge is 2.54. The number of thioether (sulfide) groups is 2. The highest BCUT2D eigenvalue weighted by Crippen LogP contribution is 2.44. The number of carboxylic acid groups (broad SMARTS) is 1. The predicted molar refractivity (Wildman–Crippen MR) is 125 cm³/mol. The van der Waals surface area contributed by atoms with Crippen molar-refractivity contribution in [1.29, 1.82) is 0 Å². The van der Waals surface area contributed by atoms with Crippen LogP contribution < -0.4 is 11.1 Å². The van der Waals surface area contributed by atoms with Gasteiger partial charge in [0.2, 0.25) is 0 Å². The molecule has 4 heterocycles. The second-order valence-electron chi connectivity index (χ2n) is 6.71. The summed E-state index contributed by atoms with van der Waals surface area (Å²) in [5, 5.41) is 23.9. The summed E-state index contributed by atoms with van der Waals surface area (Å²) in [4.78, 5) is 47.0. The van der Waals surface area contributed by atoms with Gasteiger partial charge in [-0.2, -0.15) is 0 Å². The smallest absolute Gasteiger partial charge is 0.353 e. The molecule has 33 heavy (non-hydrogen) atoms. The fourth-order valence-electron chi connectivity index (χ4n) is 3.22. The van der Waals surface area contributed by atoms with Crippen molar-refractivity contribution in [3.05, 3.63) is 50.7 Å². The Kier molecular flexibility index (Phi) is 6.78. The zero-order valence-corrected chi connectivity index (χ0v) is 19.7. The molecule has 1 fully saturated rings. The van der Waals surface area contributed by atoms with Crippen LogP contribution in [0.4, 0.5) is 5.13 Å². The topological polar surface area (TPSA) is 171 Å². The normalized spacial score (nSPS) is 20.3. The van der Waals surface area contributed by atoms with Gasteiger partial charge in [-0.15, -0.1) is 23.5 Å². The number of nitrogens with two attached hydrogens (primary N) is 1. The van der Waals surface area contributed by atoms with Crippen LogP contribution in [0.3, 0.4) is 0 Å². The minimum absolute atomic E-state index is 0.0519. The van der Waals surface area contributed by atoms with Crippen LogP contribution in [0.2, 0.25) is 4.34 Å². The first-order valence-corrected chi connectivity index (χ1v) is 12.4. The first-order valence-electron chi connectivity index (χ1n) is 9.19. The van der Waals surface area contributed by atoms with Gasteiger partial charge < -0.3 is 21.4 Å². The lowest BCUT2D eigenvalue weighted by Crippen LogP contribution is -2.71. The molecule has 2 aromatic rings. The summed E-state index contributed by atoms with van der Waals surface area (Å²) in [5.74, 6) is -1.81. The number of carboxylic acids is 1. The quantitative estimate of drug-likeness (QED) is 0.179. The monoisotopic (exact) mass is 526 g/mol. The van der Waals surface area contributed by atoms with E-state index in [1.54, 1.807) is 12.4 Å². The molecule has 11 nitrogen and oxygen atoms in total. The molecule has 172 valence electrons. The summed E-state index contributed by atoms with van der Waals surface area (Å²) in [5.41, 5.74) is 5.83. The number of aliphatic carboxylic acids is 1. The maximum absolute atomic E-state index is 12.8. The number of carbonyl (C=O) groups excluding carboxylic acids is 2. The van der Waals surface area contributed by atoms with Crippen molar-refractivity contribution in [1.82, 2.24) is 20.2 Å². The number of hydrogen-bond donors (Lipinski definition) is 4. The summed E-state index contributed by atoms with van der Waals surface area (Å²) in [6.07, 6.45) is 3.30. The summed E-state index contributed by atoms with van der Waals surface area (Å²) in [6, 6.07) is 2.65. The molecule has 0 aliphatic carbocycles. The number of thiazole rings is 1. The van der Waals surface area contributed by atoms with Crippen molar-refractivity contribution in [2.45, 2.75) is 17.2 Å². The van der Waals surface area contributed by atoms with Gasteiger partial charge in [0.15, 0.2) is 10.8 Å². The van der Waals surface area contributed by atoms with Gasteiger partial charge in [0.05, 0.1) is 0 Å². The molecule has 2 atom stereocenters. The summed E-state index contributed by atoms with van der Waals surface area (Å²) < 4.78 is 0.0519. The van der Waals surface area contributed by atoms with Crippen molar-refractivity contribution >= 4 is 75.1 Å². The average molecular weight is 527 g/mol. The van der Waals surface area contributed by atoms with E-state index >= 15 is 0 Å². The van der Waals surface area contributed by atoms with E-state index in [4.69, 9.17) is 17.3 Å². The number of nitrogens with one attached hydrogen (secondary N) is 1. The van der Waals surface area contributed by atoms with E-state index in [-0.39, 0.29) is 20.9 Å². The number of rotatable bonds is 7. The van der Waals surface area contributed by atoms with E-state index in [0.29, 0.717) is 16.4 Å². The summed E-state index contributed by atoms with van der Waals surface area (Å²) >= 11 is 9.54. The van der Waals surface area contributed by atoms with Crippen LogP contribution >= 0.6 is 46.5 Å². The Morgan fingerprint density at radius 1 is 1.39 bits per heavy atom. The Hall–Kier alpha value is -2.81. The number of hydrogen-bond acceptors (Lipinski definition) is 11. The second kappa shape index (κ2) is 9.59. The molecule has 15 heteroatoms. The Morgan fingerprint density at radius 2 is 2.12 bits per heavy atom. The molecule has 0 saturated carbocycles. The SMILES string of the molecule is Nc1nc(/C(=N/O)C(=O)N[C@@H]2C(=O)N3C(C(=O)O)=C(SCc4ccncc4)CS[C@H]23)c(Cl)s1. The maximum Gasteiger partial charge on any atom is 0.353 e. The van der Waals surface area contributed by atoms with Crippen LogP contribution in [0.15, 0.2) is 40.3 Å². The number of carbonyl (C=O) groups is 3. The summed E-state index contributed by atoms with van der Waals surface area (Å²) in [6.45, 7) is 0. The molecule has 0 aromatic carbocycles. The zero-order chi connectivity index (χ0) is 23.7. The highest BCUT2D eigenvalue weighted by molar-refractivity contribution is 8.05. The van der Waals surface area contributed by atoms with Gasteiger partial charge in [0, 0.05) is 28.8 Å². The van der Waals surface area contributed by atoms with Crippen molar-refractivity contribution < 1.29 is 24.7 Å². The molecule has 0 bridgehead atoms. The third-order valence-corrected chi connectivity index (χ3v) is 8.44. The number of pyridine rings is 1. The van der Waals surface area contributed by atoms with Crippen molar-refractivity contribution in [2.75, 3.05) is 11.5 Å². The van der Waals surface area contributed by atoms with E-state index in [1.165, 1.54) is 28.4 Å². The lowest BCUT2D eigenvalue weighted by atomic mass is 10.0. The number of amides is 2. The second-order valence-corrected chi connectivity index (χ2v) is 10.5. The number of oxime groups is 1. The number of fused-ring (bicyclic) bond motifs is 1. The largest absolute Gasteiger partial charge is 0.477 e. The van der Waals surface area contributed by atoms with E-state index < -0.39 is 34.9 Å². The average Bonchev–Trinajstić information content (AvgIpc) is 3.13. The van der Waals surface area contributed by atoms with Gasteiger partial charge >= 0.3 is 5.97 Å². The molecular formula is C18H15ClN6O5S3. The first-order chi connectivity index (χ1) is 15.8. The van der Waals surface area contributed by atoms with Crippen LogP contribution in [0, 0.1) is 0 Å². The lowest BCUT2D eigenvalue weighted by molar-refractivity contribution is -0.150. The minimum atomic E-state index is -1.22. The van der Waals surface area contributed by atoms with Gasteiger partial charge in [-0.05, 0) is 17.7 Å². The molecule has 2 aromatic heterocycles. The van der Waals surface area contributed by atoms with Gasteiger partial charge in [0.1, 0.15) is 27.1 Å². The highest BCUT2D eigenvalue weighted by atomic mass is 35.5. The van der Waals surface area contributed by atoms with Crippen LogP contribution in [-0.2, 0) is 20.1 Å². The van der Waals surface area contributed by atoms with Gasteiger partial charge in [0.25, 0.3) is 11.8 Å². The Morgan fingerprint density at radius 3 is 2.73 bits per heavy atom. The molecule has 5 N–H and O–H groups in total. The third kappa shape index (κ3) is 4.51. The van der Waals surface area contributed by atoms with Gasteiger partial charge in [-0.3, -0.25) is 19.5 Å². The van der Waals surface area contributed by atoms with E-state index in [0.717, 1.165) is 16.9 Å². The van der Waals surface area contributed by atoms with Crippen molar-refractivity contribution in [3.8, 4) is 0 Å². The number of aromatic nitrogens is 2. The molecule has 2 aliphatic rings. The van der Waals surface area contributed by atoms with E-state index in [1.807, 2.05) is 12.1 Å². The standard InChI is InChI=1S/C18H15ClN6O5S3/c19-13-9(23-18(20)33-13)10(24-30)14(26)22-11-15(27)25-12(17(28)29)8(6-32-16(11)25)31-5-7-1-3-21-4-2-7/h1-4,11,16,30H,5-6H2,(H2,20,23)(H,22,26)(H,28,29)/b24-10-/t11-,16-/m1/s1. The molecule has 0 unspecified atom stereocenters. The molecule has 4 rings (SSSR count). The Labute approximate surface area is 204 Å². The van der Waals surface area contributed by atoms with Crippen LogP contribution in [0.5, 0.6) is 0 Å². The molecule has 2 aliphatic heterocycles. The number of β-lactam (4-membered cyclic amide) rings is 1. The van der Waals surface area contributed by atoms with Crippen LogP contribution in [0.1, 0.15) is 11.3 Å². The molecule has 0 radical (unpaired) electrons. The first kappa shape index (κ1) is 23.4. The van der Waals surface area contributed by atoms with Gasteiger partial charge in [-0.25, -0.2) is 9.78 Å². The fourth-order valence-corrected chi connectivity index (χ4v) is 6.74. The van der Waals surface area contributed by atoms with Crippen molar-refractivity contribution in [3.63, 3.8) is 0 Å². The zero-order valence-electron chi connectivity index (χ0n) is 16.5. The number of anilines is 1. The van der Waals surface area contributed by atoms with E-state index in [2.05, 4.69) is 20.4 Å². The molecular weight excluding hydrogens is 512 g/mol. The maximum atomic E-state index is 12.8. The Bertz CT molecular complexity index is 1190. The Balaban J connectivity index is 1.49. The number of nitrogen functional groups attached to an aromatic ring is 1. The fraction of sp³-hybridized carbons (Fsp3) is 0.222. The van der Waals surface area contributed by atoms with Gasteiger partial charge in [-0.1, -0.05) is 28.1 Å². The molecule has 2 amide bonds. The lowest BCUT2D eigenvalue weighted by Gasteiger charge is -2.49. The minimum Gasteiger partial charge on any atom is -0.477 e. The third-order valence-electron chi connectivity index (χ3n) is 4.73. The summed E-state index contributed by atoms with van der Waals surface area (Å²) in [7, 11) is 0. The van der Waals surface area contributed by atoms with Crippen molar-refractivity contribution in [2.24, 2.45) is 5.16 Å². The van der Waals surface area contributed by atoms with E-state index in [9.17, 15) is 24.7 Å².